The number of aliphatic hydroxyl groups excluding tert-OH is 1. The van der Waals surface area contributed by atoms with Gasteiger partial charge in [0.15, 0.2) is 0 Å². The molecular weight excluding hydrogens is 334 g/mol. The number of benzene rings is 1. The Morgan fingerprint density at radius 2 is 2.09 bits per heavy atom. The molecule has 0 spiro atoms. The van der Waals surface area contributed by atoms with Crippen molar-refractivity contribution in [3.63, 3.8) is 0 Å². The van der Waals surface area contributed by atoms with E-state index >= 15 is 0 Å². The molecule has 0 saturated heterocycles. The fourth-order valence-electron chi connectivity index (χ4n) is 2.11. The molecule has 0 aliphatic carbocycles. The number of halogens is 3. The van der Waals surface area contributed by atoms with E-state index in [0.29, 0.717) is 0 Å². The van der Waals surface area contributed by atoms with Crippen LogP contribution in [0.5, 0.6) is 0 Å². The first-order valence-electron chi connectivity index (χ1n) is 6.02. The largest absolute Gasteiger partial charge is 0.388 e. The van der Waals surface area contributed by atoms with E-state index in [-0.39, 0.29) is 32.8 Å². The van der Waals surface area contributed by atoms with Gasteiger partial charge in [0.2, 0.25) is 5.78 Å². The SMILES string of the molecule is O=C(CO)c1c(-c2c(F)cccc2Cl)c(Cl)nc2ncnn12. The van der Waals surface area contributed by atoms with Crippen LogP contribution >= 0.6 is 23.2 Å². The molecule has 1 aromatic carbocycles. The number of carbonyl (C=O) groups excluding carboxylic acids is 1. The summed E-state index contributed by atoms with van der Waals surface area (Å²) in [5.41, 5.74) is -0.264. The summed E-state index contributed by atoms with van der Waals surface area (Å²) in [6.07, 6.45) is 1.17. The maximum Gasteiger partial charge on any atom is 0.254 e. The Bertz CT molecular complexity index is 877. The Hall–Kier alpha value is -2.09. The van der Waals surface area contributed by atoms with Gasteiger partial charge >= 0.3 is 0 Å². The number of aromatic nitrogens is 4. The summed E-state index contributed by atoms with van der Waals surface area (Å²) in [7, 11) is 0. The van der Waals surface area contributed by atoms with Crippen LogP contribution in [0.25, 0.3) is 16.9 Å². The van der Waals surface area contributed by atoms with E-state index < -0.39 is 18.2 Å². The average Bonchev–Trinajstić information content (AvgIpc) is 2.94. The van der Waals surface area contributed by atoms with E-state index in [0.717, 1.165) is 4.52 Å². The van der Waals surface area contributed by atoms with E-state index in [2.05, 4.69) is 15.1 Å². The zero-order valence-electron chi connectivity index (χ0n) is 10.8. The van der Waals surface area contributed by atoms with E-state index in [1.165, 1.54) is 24.5 Å². The van der Waals surface area contributed by atoms with Crippen molar-refractivity contribution < 1.29 is 14.3 Å². The highest BCUT2D eigenvalue weighted by Gasteiger charge is 2.25. The Morgan fingerprint density at radius 3 is 2.77 bits per heavy atom. The summed E-state index contributed by atoms with van der Waals surface area (Å²) in [5, 5.41) is 12.9. The predicted molar refractivity (Wildman–Crippen MR) is 77.6 cm³/mol. The van der Waals surface area contributed by atoms with E-state index in [1.807, 2.05) is 0 Å². The monoisotopic (exact) mass is 340 g/mol. The van der Waals surface area contributed by atoms with Gasteiger partial charge in [-0.3, -0.25) is 4.79 Å². The summed E-state index contributed by atoms with van der Waals surface area (Å²) in [4.78, 5) is 19.9. The first kappa shape index (κ1) is 14.8. The fraction of sp³-hybridized carbons (Fsp3) is 0.0769. The molecule has 3 aromatic rings. The third-order valence-corrected chi connectivity index (χ3v) is 3.59. The number of hydrogen-bond donors (Lipinski definition) is 1. The summed E-state index contributed by atoms with van der Waals surface area (Å²) < 4.78 is 15.3. The number of Topliss-reactive ketones (excluding diaryl/α,β-unsaturated/α-hetero) is 1. The Morgan fingerprint density at radius 1 is 1.32 bits per heavy atom. The van der Waals surface area contributed by atoms with Gasteiger partial charge in [0, 0.05) is 5.56 Å². The minimum Gasteiger partial charge on any atom is -0.388 e. The summed E-state index contributed by atoms with van der Waals surface area (Å²) >= 11 is 12.1. The molecule has 3 rings (SSSR count). The van der Waals surface area contributed by atoms with Crippen molar-refractivity contribution in [3.8, 4) is 11.1 Å². The van der Waals surface area contributed by atoms with Crippen molar-refractivity contribution in [2.75, 3.05) is 6.61 Å². The maximum absolute atomic E-state index is 14.2. The van der Waals surface area contributed by atoms with E-state index in [4.69, 9.17) is 23.2 Å². The Labute approximate surface area is 133 Å². The van der Waals surface area contributed by atoms with Gasteiger partial charge in [-0.1, -0.05) is 29.3 Å². The standard InChI is InChI=1S/C13H7Cl2FN4O2/c14-6-2-1-3-7(16)9(6)10-11(8(22)4-21)20-13(17-5-18-20)19-12(10)15/h1-3,5,21H,4H2. The molecule has 0 atom stereocenters. The van der Waals surface area contributed by atoms with Crippen LogP contribution in [-0.2, 0) is 0 Å². The van der Waals surface area contributed by atoms with Gasteiger partial charge in [0.25, 0.3) is 5.78 Å². The van der Waals surface area contributed by atoms with Crippen LogP contribution in [0.3, 0.4) is 0 Å². The molecule has 0 fully saturated rings. The van der Waals surface area contributed by atoms with Gasteiger partial charge in [-0.25, -0.2) is 4.39 Å². The molecule has 112 valence electrons. The normalized spacial score (nSPS) is 11.1. The van der Waals surface area contributed by atoms with Crippen LogP contribution in [0.4, 0.5) is 4.39 Å². The molecule has 6 nitrogen and oxygen atoms in total. The number of hydrogen-bond acceptors (Lipinski definition) is 5. The van der Waals surface area contributed by atoms with Crippen molar-refractivity contribution in [2.24, 2.45) is 0 Å². The van der Waals surface area contributed by atoms with Crippen molar-refractivity contribution >= 4 is 34.8 Å². The summed E-state index contributed by atoms with van der Waals surface area (Å²) in [5.74, 6) is -1.34. The topological polar surface area (TPSA) is 80.4 Å². The second-order valence-electron chi connectivity index (χ2n) is 4.28. The highest BCUT2D eigenvalue weighted by molar-refractivity contribution is 6.36. The van der Waals surface area contributed by atoms with Crippen molar-refractivity contribution in [2.45, 2.75) is 0 Å². The fourth-order valence-corrected chi connectivity index (χ4v) is 2.62. The quantitative estimate of drug-likeness (QED) is 0.585. The molecule has 0 aliphatic heterocycles. The molecule has 0 bridgehead atoms. The second-order valence-corrected chi connectivity index (χ2v) is 5.04. The highest BCUT2D eigenvalue weighted by Crippen LogP contribution is 2.37. The number of aliphatic hydroxyl groups is 1. The Balaban J connectivity index is 2.47. The van der Waals surface area contributed by atoms with Crippen LogP contribution in [0.15, 0.2) is 24.5 Å². The van der Waals surface area contributed by atoms with Crippen molar-refractivity contribution in [3.05, 3.63) is 46.2 Å². The number of rotatable bonds is 3. The Kier molecular flexibility index (Phi) is 3.78. The van der Waals surface area contributed by atoms with Crippen molar-refractivity contribution in [1.82, 2.24) is 19.6 Å². The lowest BCUT2D eigenvalue weighted by Crippen LogP contribution is -2.15. The molecule has 9 heteroatoms. The van der Waals surface area contributed by atoms with Crippen LogP contribution in [0, 0.1) is 5.82 Å². The van der Waals surface area contributed by atoms with Gasteiger partial charge in [0.1, 0.15) is 29.6 Å². The average molecular weight is 341 g/mol. The molecule has 22 heavy (non-hydrogen) atoms. The number of fused-ring (bicyclic) bond motifs is 1. The number of nitrogens with zero attached hydrogens (tertiary/aromatic N) is 4. The van der Waals surface area contributed by atoms with Crippen LogP contribution in [0.2, 0.25) is 10.2 Å². The minimum absolute atomic E-state index is 0.0400. The van der Waals surface area contributed by atoms with Crippen LogP contribution in [0.1, 0.15) is 10.5 Å². The molecular formula is C13H7Cl2FN4O2. The molecule has 1 N–H and O–H groups in total. The van der Waals surface area contributed by atoms with Gasteiger partial charge in [-0.2, -0.15) is 19.6 Å². The lowest BCUT2D eigenvalue weighted by Gasteiger charge is -2.13. The first-order chi connectivity index (χ1) is 10.5. The molecule has 0 radical (unpaired) electrons. The second kappa shape index (κ2) is 5.60. The van der Waals surface area contributed by atoms with Gasteiger partial charge in [-0.15, -0.1) is 0 Å². The number of carbonyl (C=O) groups is 1. The smallest absolute Gasteiger partial charge is 0.254 e. The summed E-state index contributed by atoms with van der Waals surface area (Å²) in [6, 6.07) is 4.05. The molecule has 0 unspecified atom stereocenters. The lowest BCUT2D eigenvalue weighted by molar-refractivity contribution is 0.0896. The van der Waals surface area contributed by atoms with E-state index in [9.17, 15) is 14.3 Å². The van der Waals surface area contributed by atoms with Crippen molar-refractivity contribution in [1.29, 1.82) is 0 Å². The van der Waals surface area contributed by atoms with E-state index in [1.54, 1.807) is 0 Å². The lowest BCUT2D eigenvalue weighted by atomic mass is 10.0. The highest BCUT2D eigenvalue weighted by atomic mass is 35.5. The summed E-state index contributed by atoms with van der Waals surface area (Å²) in [6.45, 7) is -0.811. The van der Waals surface area contributed by atoms with Gasteiger partial charge in [0.05, 0.1) is 10.6 Å². The predicted octanol–water partition coefficient (Wildman–Crippen LogP) is 2.41. The molecule has 2 aromatic heterocycles. The zero-order valence-corrected chi connectivity index (χ0v) is 12.3. The van der Waals surface area contributed by atoms with Gasteiger partial charge in [-0.05, 0) is 12.1 Å². The third kappa shape index (κ3) is 2.23. The molecule has 0 saturated carbocycles. The van der Waals surface area contributed by atoms with Crippen LogP contribution < -0.4 is 0 Å². The molecule has 2 heterocycles. The maximum atomic E-state index is 14.2. The zero-order chi connectivity index (χ0) is 15.9. The first-order valence-corrected chi connectivity index (χ1v) is 6.78. The molecule has 0 amide bonds. The van der Waals surface area contributed by atoms with Crippen LogP contribution in [-0.4, -0.2) is 37.1 Å². The minimum atomic E-state index is -0.811. The van der Waals surface area contributed by atoms with Gasteiger partial charge < -0.3 is 5.11 Å². The number of ketones is 1. The third-order valence-electron chi connectivity index (χ3n) is 3.00. The molecule has 0 aliphatic rings.